The molecule has 7 nitrogen and oxygen atoms in total. The van der Waals surface area contributed by atoms with Crippen LogP contribution in [0.25, 0.3) is 6.08 Å². The van der Waals surface area contributed by atoms with Gasteiger partial charge < -0.3 is 9.47 Å². The summed E-state index contributed by atoms with van der Waals surface area (Å²) in [5.41, 5.74) is 1.51. The van der Waals surface area contributed by atoms with Crippen molar-refractivity contribution < 1.29 is 19.2 Å². The molecule has 3 rings (SSSR count). The number of benzene rings is 2. The molecule has 8 heteroatoms. The van der Waals surface area contributed by atoms with Crippen LogP contribution in [0.2, 0.25) is 5.02 Å². The summed E-state index contributed by atoms with van der Waals surface area (Å²) in [6.07, 6.45) is 1.52. The lowest BCUT2D eigenvalue weighted by atomic mass is 10.1. The van der Waals surface area contributed by atoms with Crippen molar-refractivity contribution in [3.63, 3.8) is 0 Å². The van der Waals surface area contributed by atoms with Gasteiger partial charge in [-0.25, -0.2) is 9.79 Å². The van der Waals surface area contributed by atoms with Gasteiger partial charge in [0.05, 0.1) is 17.1 Å². The number of nitrogens with zero attached hydrogens (tertiary/aromatic N) is 2. The van der Waals surface area contributed by atoms with Crippen molar-refractivity contribution >= 4 is 35.2 Å². The number of carbonyl (C=O) groups excluding carboxylic acids is 1. The first-order valence-corrected chi connectivity index (χ1v) is 7.88. The molecule has 0 spiro atoms. The van der Waals surface area contributed by atoms with Gasteiger partial charge in [-0.05, 0) is 36.8 Å². The molecule has 0 aliphatic carbocycles. The van der Waals surface area contributed by atoms with Gasteiger partial charge in [0, 0.05) is 17.2 Å². The fraction of sp³-hybridized carbons (Fsp3) is 0.111. The Morgan fingerprint density at radius 2 is 2.04 bits per heavy atom. The van der Waals surface area contributed by atoms with Crippen LogP contribution in [0.4, 0.5) is 5.69 Å². The zero-order valence-corrected chi connectivity index (χ0v) is 14.6. The number of aryl methyl sites for hydroxylation is 1. The van der Waals surface area contributed by atoms with Crippen LogP contribution in [0.5, 0.6) is 5.75 Å². The van der Waals surface area contributed by atoms with Crippen molar-refractivity contribution in [2.45, 2.75) is 6.92 Å². The second-order valence-corrected chi connectivity index (χ2v) is 5.90. The summed E-state index contributed by atoms with van der Waals surface area (Å²) in [4.78, 5) is 26.8. The largest absolute Gasteiger partial charge is 0.495 e. The van der Waals surface area contributed by atoms with E-state index in [1.54, 1.807) is 37.3 Å². The summed E-state index contributed by atoms with van der Waals surface area (Å²) in [6, 6.07) is 9.54. The smallest absolute Gasteiger partial charge is 0.363 e. The summed E-state index contributed by atoms with van der Waals surface area (Å²) < 4.78 is 10.2. The summed E-state index contributed by atoms with van der Waals surface area (Å²) in [5.74, 6) is -0.113. The van der Waals surface area contributed by atoms with Crippen LogP contribution in [-0.4, -0.2) is 23.9 Å². The maximum atomic E-state index is 12.1. The Morgan fingerprint density at radius 3 is 2.69 bits per heavy atom. The third kappa shape index (κ3) is 3.43. The maximum absolute atomic E-state index is 12.1. The maximum Gasteiger partial charge on any atom is 0.363 e. The highest BCUT2D eigenvalue weighted by Gasteiger charge is 2.26. The molecule has 0 amide bonds. The first-order valence-electron chi connectivity index (χ1n) is 7.50. The molecule has 1 aliphatic heterocycles. The van der Waals surface area contributed by atoms with Gasteiger partial charge in [-0.15, -0.1) is 0 Å². The quantitative estimate of drug-likeness (QED) is 0.351. The first kappa shape index (κ1) is 17.6. The summed E-state index contributed by atoms with van der Waals surface area (Å²) in [7, 11) is 1.50. The number of cyclic esters (lactones) is 1. The van der Waals surface area contributed by atoms with E-state index in [1.807, 2.05) is 0 Å². The number of halogens is 1. The van der Waals surface area contributed by atoms with E-state index in [1.165, 1.54) is 19.3 Å². The monoisotopic (exact) mass is 372 g/mol. The third-order valence-corrected chi connectivity index (χ3v) is 4.05. The molecule has 0 bridgehead atoms. The van der Waals surface area contributed by atoms with Gasteiger partial charge >= 0.3 is 5.97 Å². The minimum absolute atomic E-state index is 0.0176. The Balaban J connectivity index is 1.95. The van der Waals surface area contributed by atoms with Crippen LogP contribution in [-0.2, 0) is 9.53 Å². The Hall–Kier alpha value is -3.19. The number of esters is 1. The zero-order valence-electron chi connectivity index (χ0n) is 13.9. The van der Waals surface area contributed by atoms with Crippen molar-refractivity contribution in [2.75, 3.05) is 7.11 Å². The molecule has 0 aromatic heterocycles. The number of nitro groups is 1. The predicted octanol–water partition coefficient (Wildman–Crippen LogP) is 3.91. The highest BCUT2D eigenvalue weighted by atomic mass is 35.5. The molecule has 0 N–H and O–H groups in total. The predicted molar refractivity (Wildman–Crippen MR) is 96.4 cm³/mol. The lowest BCUT2D eigenvalue weighted by molar-refractivity contribution is -0.385. The van der Waals surface area contributed by atoms with E-state index < -0.39 is 10.9 Å². The van der Waals surface area contributed by atoms with Crippen molar-refractivity contribution in [2.24, 2.45) is 4.99 Å². The number of ether oxygens (including phenoxy) is 2. The Morgan fingerprint density at radius 1 is 1.27 bits per heavy atom. The van der Waals surface area contributed by atoms with E-state index in [2.05, 4.69) is 4.99 Å². The topological polar surface area (TPSA) is 91.0 Å². The van der Waals surface area contributed by atoms with E-state index in [0.29, 0.717) is 27.5 Å². The van der Waals surface area contributed by atoms with Crippen LogP contribution in [0.1, 0.15) is 16.7 Å². The normalized spacial score (nSPS) is 15.0. The van der Waals surface area contributed by atoms with E-state index in [9.17, 15) is 14.9 Å². The van der Waals surface area contributed by atoms with Crippen LogP contribution in [0.3, 0.4) is 0 Å². The number of nitro benzene ring substituents is 1. The van der Waals surface area contributed by atoms with Gasteiger partial charge in [-0.2, -0.15) is 0 Å². The molecule has 0 atom stereocenters. The minimum atomic E-state index is -0.643. The molecule has 0 saturated heterocycles. The van der Waals surface area contributed by atoms with Gasteiger partial charge in [0.2, 0.25) is 5.90 Å². The molecule has 0 unspecified atom stereocenters. The van der Waals surface area contributed by atoms with Crippen molar-refractivity contribution in [3.8, 4) is 5.75 Å². The molecule has 2 aromatic rings. The third-order valence-electron chi connectivity index (χ3n) is 3.75. The fourth-order valence-electron chi connectivity index (χ4n) is 2.40. The number of aliphatic imine (C=N–C) groups is 1. The van der Waals surface area contributed by atoms with Gasteiger partial charge in [-0.3, -0.25) is 10.1 Å². The SMILES string of the molecule is COc1ccc(/C=C2/N=C(c3ccc(C)c([N+](=O)[O-])c3)OC2=O)cc1Cl. The minimum Gasteiger partial charge on any atom is -0.495 e. The molecular formula is C18H13ClN2O5. The molecule has 0 fully saturated rings. The highest BCUT2D eigenvalue weighted by Crippen LogP contribution is 2.28. The van der Waals surface area contributed by atoms with Crippen molar-refractivity contribution in [3.05, 3.63) is 73.9 Å². The van der Waals surface area contributed by atoms with Gasteiger partial charge in [-0.1, -0.05) is 23.7 Å². The average molecular weight is 373 g/mol. The average Bonchev–Trinajstić information content (AvgIpc) is 2.96. The molecule has 0 saturated carbocycles. The molecular weight excluding hydrogens is 360 g/mol. The Bertz CT molecular complexity index is 982. The number of hydrogen-bond acceptors (Lipinski definition) is 6. The molecule has 2 aromatic carbocycles. The zero-order chi connectivity index (χ0) is 18.8. The lowest BCUT2D eigenvalue weighted by Crippen LogP contribution is -2.06. The van der Waals surface area contributed by atoms with Crippen LogP contribution in [0, 0.1) is 17.0 Å². The van der Waals surface area contributed by atoms with Crippen LogP contribution < -0.4 is 4.74 Å². The Labute approximate surface area is 153 Å². The van der Waals surface area contributed by atoms with Crippen molar-refractivity contribution in [1.82, 2.24) is 0 Å². The molecule has 0 radical (unpaired) electrons. The summed E-state index contributed by atoms with van der Waals surface area (Å²) in [6.45, 7) is 1.63. The Kier molecular flexibility index (Phi) is 4.73. The molecule has 1 heterocycles. The van der Waals surface area contributed by atoms with Gasteiger partial charge in [0.1, 0.15) is 5.75 Å². The second-order valence-electron chi connectivity index (χ2n) is 5.49. The fourth-order valence-corrected chi connectivity index (χ4v) is 2.67. The van der Waals surface area contributed by atoms with Crippen molar-refractivity contribution in [1.29, 1.82) is 0 Å². The van der Waals surface area contributed by atoms with E-state index in [0.717, 1.165) is 0 Å². The standard InChI is InChI=1S/C18H13ClN2O5/c1-10-3-5-12(9-15(10)21(23)24)17-20-14(18(22)26-17)8-11-4-6-16(25-2)13(19)7-11/h3-9H,1-2H3/b14-8+. The second kappa shape index (κ2) is 6.97. The van der Waals surface area contributed by atoms with E-state index in [4.69, 9.17) is 21.1 Å². The number of rotatable bonds is 4. The summed E-state index contributed by atoms with van der Waals surface area (Å²) in [5, 5.41) is 11.5. The highest BCUT2D eigenvalue weighted by molar-refractivity contribution is 6.32. The molecule has 26 heavy (non-hydrogen) atoms. The van der Waals surface area contributed by atoms with Gasteiger partial charge in [0.25, 0.3) is 5.69 Å². The number of hydrogen-bond donors (Lipinski definition) is 0. The summed E-state index contributed by atoms with van der Waals surface area (Å²) >= 11 is 6.07. The van der Waals surface area contributed by atoms with Crippen LogP contribution in [0.15, 0.2) is 47.1 Å². The van der Waals surface area contributed by atoms with Crippen LogP contribution >= 0.6 is 11.6 Å². The lowest BCUT2D eigenvalue weighted by Gasteiger charge is -2.03. The number of methoxy groups -OCH3 is 1. The molecule has 132 valence electrons. The molecule has 1 aliphatic rings. The van der Waals surface area contributed by atoms with E-state index in [-0.39, 0.29) is 17.3 Å². The van der Waals surface area contributed by atoms with E-state index >= 15 is 0 Å². The number of carbonyl (C=O) groups is 1. The first-order chi connectivity index (χ1) is 12.4. The van der Waals surface area contributed by atoms with Gasteiger partial charge in [0.15, 0.2) is 5.70 Å².